The van der Waals surface area contributed by atoms with Crippen LogP contribution in [-0.4, -0.2) is 14.7 Å². The van der Waals surface area contributed by atoms with Crippen molar-refractivity contribution >= 4 is 9.84 Å². The molecule has 0 atom stereocenters. The van der Waals surface area contributed by atoms with E-state index in [-0.39, 0.29) is 4.90 Å². The second-order valence-electron chi connectivity index (χ2n) is 3.93. The molecule has 0 saturated heterocycles. The molecule has 0 aliphatic rings. The van der Waals surface area contributed by atoms with Crippen LogP contribution in [0.4, 0.5) is 8.78 Å². The van der Waals surface area contributed by atoms with Crippen molar-refractivity contribution in [1.29, 1.82) is 0 Å². The largest absolute Gasteiger partial charge is 0.224 e. The normalized spacial score (nSPS) is 11.5. The van der Waals surface area contributed by atoms with Crippen molar-refractivity contribution in [2.24, 2.45) is 0 Å². The highest BCUT2D eigenvalue weighted by molar-refractivity contribution is 7.90. The Morgan fingerprint density at radius 1 is 0.889 bits per heavy atom. The van der Waals surface area contributed by atoms with Crippen LogP contribution in [0.25, 0.3) is 11.1 Å². The molecule has 2 aromatic rings. The van der Waals surface area contributed by atoms with Gasteiger partial charge < -0.3 is 0 Å². The molecule has 0 amide bonds. The summed E-state index contributed by atoms with van der Waals surface area (Å²) in [5, 5.41) is 0. The first-order valence-electron chi connectivity index (χ1n) is 5.13. The molecule has 0 aromatic heterocycles. The molecule has 0 aliphatic heterocycles. The zero-order valence-electron chi connectivity index (χ0n) is 9.52. The van der Waals surface area contributed by atoms with Gasteiger partial charge in [-0.15, -0.1) is 0 Å². The number of sulfone groups is 1. The molecular formula is C13H10F2O2S. The van der Waals surface area contributed by atoms with E-state index >= 15 is 0 Å². The van der Waals surface area contributed by atoms with Crippen LogP contribution in [0, 0.1) is 11.6 Å². The molecule has 0 saturated carbocycles. The number of benzene rings is 2. The van der Waals surface area contributed by atoms with Gasteiger partial charge in [-0.3, -0.25) is 0 Å². The second-order valence-corrected chi connectivity index (χ2v) is 5.94. The molecule has 0 spiro atoms. The van der Waals surface area contributed by atoms with Gasteiger partial charge in [-0.1, -0.05) is 18.2 Å². The molecule has 2 nitrogen and oxygen atoms in total. The summed E-state index contributed by atoms with van der Waals surface area (Å²) in [7, 11) is -3.32. The van der Waals surface area contributed by atoms with E-state index in [0.29, 0.717) is 11.1 Å². The number of hydrogen-bond donors (Lipinski definition) is 0. The fourth-order valence-electron chi connectivity index (χ4n) is 1.58. The van der Waals surface area contributed by atoms with Crippen LogP contribution < -0.4 is 0 Å². The minimum absolute atomic E-state index is 0.143. The Kier molecular flexibility index (Phi) is 3.17. The van der Waals surface area contributed by atoms with Gasteiger partial charge in [-0.05, 0) is 35.4 Å². The van der Waals surface area contributed by atoms with E-state index in [0.717, 1.165) is 18.4 Å². The summed E-state index contributed by atoms with van der Waals surface area (Å²) < 4.78 is 48.7. The third kappa shape index (κ3) is 2.56. The van der Waals surface area contributed by atoms with Crippen molar-refractivity contribution in [3.05, 3.63) is 54.1 Å². The predicted octanol–water partition coefficient (Wildman–Crippen LogP) is 3.04. The van der Waals surface area contributed by atoms with Crippen molar-refractivity contribution in [2.75, 3.05) is 6.26 Å². The summed E-state index contributed by atoms with van der Waals surface area (Å²) in [6.07, 6.45) is 1.09. The lowest BCUT2D eigenvalue weighted by Gasteiger charge is -2.05. The SMILES string of the molecule is CS(=O)(=O)c1cccc(-c2ccc(F)c(F)c2)c1. The summed E-state index contributed by atoms with van der Waals surface area (Å²) in [6, 6.07) is 9.55. The third-order valence-corrected chi connectivity index (χ3v) is 3.63. The van der Waals surface area contributed by atoms with Crippen LogP contribution in [0.2, 0.25) is 0 Å². The van der Waals surface area contributed by atoms with Gasteiger partial charge in [0.25, 0.3) is 0 Å². The summed E-state index contributed by atoms with van der Waals surface area (Å²) >= 11 is 0. The minimum atomic E-state index is -3.32. The monoisotopic (exact) mass is 268 g/mol. The van der Waals surface area contributed by atoms with Crippen molar-refractivity contribution in [1.82, 2.24) is 0 Å². The van der Waals surface area contributed by atoms with Gasteiger partial charge in [0, 0.05) is 6.26 Å². The molecule has 0 aliphatic carbocycles. The van der Waals surface area contributed by atoms with Gasteiger partial charge in [0.15, 0.2) is 21.5 Å². The smallest absolute Gasteiger partial charge is 0.175 e. The zero-order valence-corrected chi connectivity index (χ0v) is 10.3. The topological polar surface area (TPSA) is 34.1 Å². The molecule has 0 unspecified atom stereocenters. The highest BCUT2D eigenvalue weighted by Gasteiger charge is 2.09. The summed E-state index contributed by atoms with van der Waals surface area (Å²) in [5.74, 6) is -1.89. The van der Waals surface area contributed by atoms with E-state index in [2.05, 4.69) is 0 Å². The van der Waals surface area contributed by atoms with E-state index in [1.165, 1.54) is 18.2 Å². The van der Waals surface area contributed by atoms with E-state index in [4.69, 9.17) is 0 Å². The quantitative estimate of drug-likeness (QED) is 0.839. The maximum Gasteiger partial charge on any atom is 0.175 e. The molecule has 0 N–H and O–H groups in total. The molecule has 0 bridgehead atoms. The standard InChI is InChI=1S/C13H10F2O2S/c1-18(16,17)11-4-2-3-9(7-11)10-5-6-12(14)13(15)8-10/h2-8H,1H3. The van der Waals surface area contributed by atoms with Gasteiger partial charge in [-0.25, -0.2) is 17.2 Å². The Hall–Kier alpha value is -1.75. The van der Waals surface area contributed by atoms with Crippen LogP contribution in [0.15, 0.2) is 47.4 Å². The van der Waals surface area contributed by atoms with Crippen LogP contribution >= 0.6 is 0 Å². The minimum Gasteiger partial charge on any atom is -0.224 e. The van der Waals surface area contributed by atoms with Gasteiger partial charge in [0.05, 0.1) is 4.90 Å². The molecule has 2 aromatic carbocycles. The van der Waals surface area contributed by atoms with Crippen LogP contribution in [0.5, 0.6) is 0 Å². The lowest BCUT2D eigenvalue weighted by atomic mass is 10.1. The average molecular weight is 268 g/mol. The van der Waals surface area contributed by atoms with Crippen molar-refractivity contribution in [3.63, 3.8) is 0 Å². The first kappa shape index (κ1) is 12.7. The highest BCUT2D eigenvalue weighted by atomic mass is 32.2. The maximum absolute atomic E-state index is 13.1. The summed E-state index contributed by atoms with van der Waals surface area (Å²) in [5.41, 5.74) is 0.955. The van der Waals surface area contributed by atoms with E-state index in [9.17, 15) is 17.2 Å². The predicted molar refractivity (Wildman–Crippen MR) is 64.9 cm³/mol. The molecule has 2 rings (SSSR count). The Balaban J connectivity index is 2.55. The molecule has 5 heteroatoms. The second kappa shape index (κ2) is 4.49. The molecule has 94 valence electrons. The van der Waals surface area contributed by atoms with E-state index < -0.39 is 21.5 Å². The van der Waals surface area contributed by atoms with Crippen molar-refractivity contribution in [2.45, 2.75) is 4.90 Å². The van der Waals surface area contributed by atoms with E-state index in [1.54, 1.807) is 12.1 Å². The van der Waals surface area contributed by atoms with Gasteiger partial charge in [0.1, 0.15) is 0 Å². The molecule has 0 radical (unpaired) electrons. The van der Waals surface area contributed by atoms with E-state index in [1.807, 2.05) is 0 Å². The van der Waals surface area contributed by atoms with Crippen molar-refractivity contribution < 1.29 is 17.2 Å². The Bertz CT molecular complexity index is 694. The Labute approximate surface area is 104 Å². The van der Waals surface area contributed by atoms with Crippen LogP contribution in [-0.2, 0) is 9.84 Å². The molecule has 0 heterocycles. The Morgan fingerprint density at radius 3 is 2.17 bits per heavy atom. The Morgan fingerprint density at radius 2 is 1.56 bits per heavy atom. The van der Waals surface area contributed by atoms with Gasteiger partial charge in [0.2, 0.25) is 0 Å². The van der Waals surface area contributed by atoms with Crippen LogP contribution in [0.3, 0.4) is 0 Å². The van der Waals surface area contributed by atoms with Gasteiger partial charge >= 0.3 is 0 Å². The molecule has 0 fully saturated rings. The lowest BCUT2D eigenvalue weighted by Crippen LogP contribution is -1.97. The van der Waals surface area contributed by atoms with Crippen LogP contribution in [0.1, 0.15) is 0 Å². The number of halogens is 2. The van der Waals surface area contributed by atoms with Crippen molar-refractivity contribution in [3.8, 4) is 11.1 Å². The lowest BCUT2D eigenvalue weighted by molar-refractivity contribution is 0.509. The fraction of sp³-hybridized carbons (Fsp3) is 0.0769. The molecule has 18 heavy (non-hydrogen) atoms. The fourth-order valence-corrected chi connectivity index (χ4v) is 2.25. The molecular weight excluding hydrogens is 258 g/mol. The summed E-state index contributed by atoms with van der Waals surface area (Å²) in [4.78, 5) is 0.143. The average Bonchev–Trinajstić information content (AvgIpc) is 2.32. The first-order chi connectivity index (χ1) is 8.38. The third-order valence-electron chi connectivity index (χ3n) is 2.52. The zero-order chi connectivity index (χ0) is 13.3. The number of rotatable bonds is 2. The first-order valence-corrected chi connectivity index (χ1v) is 7.02. The highest BCUT2D eigenvalue weighted by Crippen LogP contribution is 2.24. The summed E-state index contributed by atoms with van der Waals surface area (Å²) in [6.45, 7) is 0. The van der Waals surface area contributed by atoms with Gasteiger partial charge in [-0.2, -0.15) is 0 Å². The maximum atomic E-state index is 13.1. The number of hydrogen-bond acceptors (Lipinski definition) is 2.